The lowest BCUT2D eigenvalue weighted by Gasteiger charge is -2.32. The molecule has 1 N–H and O–H groups in total. The van der Waals surface area contributed by atoms with Crippen molar-refractivity contribution in [3.63, 3.8) is 0 Å². The van der Waals surface area contributed by atoms with E-state index in [1.165, 1.54) is 30.3 Å². The Morgan fingerprint density at radius 3 is 2.47 bits per heavy atom. The summed E-state index contributed by atoms with van der Waals surface area (Å²) in [4.78, 5) is 14.8. The van der Waals surface area contributed by atoms with Crippen LogP contribution in [0.25, 0.3) is 11.4 Å². The Hall–Kier alpha value is -2.80. The van der Waals surface area contributed by atoms with Crippen LogP contribution in [0, 0.1) is 5.92 Å². The van der Waals surface area contributed by atoms with Gasteiger partial charge in [-0.25, -0.2) is 0 Å². The van der Waals surface area contributed by atoms with E-state index in [-0.39, 0.29) is 11.7 Å². The average molecular weight is 422 g/mol. The summed E-state index contributed by atoms with van der Waals surface area (Å²) in [6.07, 6.45) is 2.48. The summed E-state index contributed by atoms with van der Waals surface area (Å²) in [6.45, 7) is 4.52. The normalized spacial score (nSPS) is 14.7. The molecular weight excluding hydrogens is 394 g/mol. The Balaban J connectivity index is 1.31. The van der Waals surface area contributed by atoms with Gasteiger partial charge in [-0.3, -0.25) is 4.79 Å². The number of amides is 1. The van der Waals surface area contributed by atoms with E-state index < -0.39 is 0 Å². The van der Waals surface area contributed by atoms with Crippen molar-refractivity contribution >= 4 is 29.0 Å². The van der Waals surface area contributed by atoms with E-state index in [9.17, 15) is 4.79 Å². The van der Waals surface area contributed by atoms with Gasteiger partial charge in [-0.2, -0.15) is 0 Å². The fourth-order valence-corrected chi connectivity index (χ4v) is 4.34. The molecule has 30 heavy (non-hydrogen) atoms. The van der Waals surface area contributed by atoms with Crippen LogP contribution < -0.4 is 10.2 Å². The molecule has 3 aromatic rings. The van der Waals surface area contributed by atoms with Crippen LogP contribution in [0.5, 0.6) is 0 Å². The van der Waals surface area contributed by atoms with Gasteiger partial charge < -0.3 is 14.8 Å². The third-order valence-electron chi connectivity index (χ3n) is 5.50. The van der Waals surface area contributed by atoms with Crippen LogP contribution in [-0.2, 0) is 11.8 Å². The molecule has 1 amide bonds. The van der Waals surface area contributed by atoms with E-state index in [0.29, 0.717) is 0 Å². The molecule has 0 radical (unpaired) electrons. The molecule has 1 saturated heterocycles. The highest BCUT2D eigenvalue weighted by Gasteiger charge is 2.16. The maximum atomic E-state index is 12.4. The van der Waals surface area contributed by atoms with Gasteiger partial charge in [0.05, 0.1) is 5.75 Å². The second kappa shape index (κ2) is 9.34. The molecule has 0 spiro atoms. The molecule has 1 aliphatic rings. The van der Waals surface area contributed by atoms with Gasteiger partial charge >= 0.3 is 0 Å². The van der Waals surface area contributed by atoms with E-state index in [4.69, 9.17) is 0 Å². The third-order valence-corrected chi connectivity index (χ3v) is 6.52. The number of aromatic nitrogens is 3. The Morgan fingerprint density at radius 2 is 1.77 bits per heavy atom. The molecule has 4 rings (SSSR count). The summed E-state index contributed by atoms with van der Waals surface area (Å²) < 4.78 is 1.92. The first-order chi connectivity index (χ1) is 14.6. The van der Waals surface area contributed by atoms with E-state index in [1.54, 1.807) is 0 Å². The molecule has 7 heteroatoms. The van der Waals surface area contributed by atoms with Gasteiger partial charge in [-0.05, 0) is 43.0 Å². The van der Waals surface area contributed by atoms with Crippen molar-refractivity contribution in [1.29, 1.82) is 0 Å². The summed E-state index contributed by atoms with van der Waals surface area (Å²) in [6, 6.07) is 18.1. The van der Waals surface area contributed by atoms with Gasteiger partial charge in [0.1, 0.15) is 0 Å². The van der Waals surface area contributed by atoms with Crippen molar-refractivity contribution in [2.45, 2.75) is 24.9 Å². The average Bonchev–Trinajstić information content (AvgIpc) is 3.14. The van der Waals surface area contributed by atoms with Gasteiger partial charge in [0.15, 0.2) is 11.0 Å². The first-order valence-electron chi connectivity index (χ1n) is 10.3. The number of thioether (sulfide) groups is 1. The largest absolute Gasteiger partial charge is 0.372 e. The molecule has 1 aliphatic heterocycles. The number of piperidine rings is 1. The molecule has 2 aromatic carbocycles. The summed E-state index contributed by atoms with van der Waals surface area (Å²) in [5.74, 6) is 1.84. The van der Waals surface area contributed by atoms with Crippen molar-refractivity contribution < 1.29 is 4.79 Å². The Labute approximate surface area is 181 Å². The molecule has 0 unspecified atom stereocenters. The minimum atomic E-state index is -0.0520. The first kappa shape index (κ1) is 20.5. The predicted molar refractivity (Wildman–Crippen MR) is 123 cm³/mol. The number of hydrogen-bond donors (Lipinski definition) is 1. The predicted octanol–water partition coefficient (Wildman–Crippen LogP) is 4.45. The van der Waals surface area contributed by atoms with Crippen molar-refractivity contribution in [2.75, 3.05) is 29.1 Å². The fraction of sp³-hybridized carbons (Fsp3) is 0.348. The zero-order valence-corrected chi connectivity index (χ0v) is 18.2. The molecule has 156 valence electrons. The molecule has 0 bridgehead atoms. The maximum Gasteiger partial charge on any atom is 0.234 e. The second-order valence-electron chi connectivity index (χ2n) is 7.78. The number of carbonyl (C=O) groups is 1. The van der Waals surface area contributed by atoms with Gasteiger partial charge in [0.2, 0.25) is 5.91 Å². The monoisotopic (exact) mass is 421 g/mol. The highest BCUT2D eigenvalue weighted by Crippen LogP contribution is 2.25. The Bertz CT molecular complexity index is 979. The van der Waals surface area contributed by atoms with E-state index >= 15 is 0 Å². The minimum absolute atomic E-state index is 0.0520. The quantitative estimate of drug-likeness (QED) is 0.596. The Kier molecular flexibility index (Phi) is 6.38. The highest BCUT2D eigenvalue weighted by molar-refractivity contribution is 7.99. The van der Waals surface area contributed by atoms with Gasteiger partial charge in [-0.15, -0.1) is 10.2 Å². The summed E-state index contributed by atoms with van der Waals surface area (Å²) in [5, 5.41) is 12.2. The molecule has 2 heterocycles. The third kappa shape index (κ3) is 4.84. The number of carbonyl (C=O) groups excluding carboxylic acids is 1. The Morgan fingerprint density at radius 1 is 1.07 bits per heavy atom. The number of benzene rings is 2. The number of nitrogens with one attached hydrogen (secondary N) is 1. The van der Waals surface area contributed by atoms with Gasteiger partial charge in [-0.1, -0.05) is 49.0 Å². The number of nitrogens with zero attached hydrogens (tertiary/aromatic N) is 4. The molecule has 1 aromatic heterocycles. The molecule has 1 fully saturated rings. The van der Waals surface area contributed by atoms with Crippen molar-refractivity contribution in [3.8, 4) is 11.4 Å². The molecule has 0 aliphatic carbocycles. The van der Waals surface area contributed by atoms with E-state index in [1.807, 2.05) is 54.1 Å². The number of rotatable bonds is 6. The van der Waals surface area contributed by atoms with Crippen LogP contribution in [-0.4, -0.2) is 39.5 Å². The van der Waals surface area contributed by atoms with Crippen LogP contribution in [0.2, 0.25) is 0 Å². The fourth-order valence-electron chi connectivity index (χ4n) is 3.63. The van der Waals surface area contributed by atoms with Crippen LogP contribution in [0.15, 0.2) is 59.8 Å². The zero-order chi connectivity index (χ0) is 20.9. The molecule has 0 atom stereocenters. The van der Waals surface area contributed by atoms with Crippen molar-refractivity contribution in [1.82, 2.24) is 14.8 Å². The van der Waals surface area contributed by atoms with Crippen LogP contribution in [0.4, 0.5) is 11.4 Å². The highest BCUT2D eigenvalue weighted by atomic mass is 32.2. The van der Waals surface area contributed by atoms with Crippen molar-refractivity contribution in [2.24, 2.45) is 13.0 Å². The van der Waals surface area contributed by atoms with Crippen LogP contribution in [0.1, 0.15) is 19.8 Å². The minimum Gasteiger partial charge on any atom is -0.372 e. The number of anilines is 2. The van der Waals surface area contributed by atoms with Gasteiger partial charge in [0, 0.05) is 37.1 Å². The van der Waals surface area contributed by atoms with E-state index in [2.05, 4.69) is 39.5 Å². The van der Waals surface area contributed by atoms with Crippen LogP contribution in [0.3, 0.4) is 0 Å². The zero-order valence-electron chi connectivity index (χ0n) is 17.4. The lowest BCUT2D eigenvalue weighted by Crippen LogP contribution is -2.32. The molecular formula is C23H27N5OS. The van der Waals surface area contributed by atoms with E-state index in [0.717, 1.165) is 41.2 Å². The smallest absolute Gasteiger partial charge is 0.234 e. The van der Waals surface area contributed by atoms with Crippen LogP contribution >= 0.6 is 11.8 Å². The second-order valence-corrected chi connectivity index (χ2v) is 8.73. The number of hydrogen-bond acceptors (Lipinski definition) is 5. The lowest BCUT2D eigenvalue weighted by molar-refractivity contribution is -0.113. The first-order valence-corrected chi connectivity index (χ1v) is 11.3. The lowest BCUT2D eigenvalue weighted by atomic mass is 9.99. The SMILES string of the molecule is CC1CCN(c2ccc(NC(=O)CSc3nnc(-c4ccccc4)n3C)cc2)CC1. The maximum absolute atomic E-state index is 12.4. The standard InChI is InChI=1S/C23H27N5OS/c1-17-12-14-28(15-13-17)20-10-8-19(9-11-20)24-21(29)16-30-23-26-25-22(27(23)2)18-6-4-3-5-7-18/h3-11,17H,12-16H2,1-2H3,(H,24,29). The summed E-state index contributed by atoms with van der Waals surface area (Å²) in [5.41, 5.74) is 3.05. The topological polar surface area (TPSA) is 63.1 Å². The molecule has 0 saturated carbocycles. The van der Waals surface area contributed by atoms with Crippen molar-refractivity contribution in [3.05, 3.63) is 54.6 Å². The molecule has 6 nitrogen and oxygen atoms in total. The summed E-state index contributed by atoms with van der Waals surface area (Å²) >= 11 is 1.39. The van der Waals surface area contributed by atoms with Gasteiger partial charge in [0.25, 0.3) is 0 Å². The summed E-state index contributed by atoms with van der Waals surface area (Å²) in [7, 11) is 1.92.